The normalized spacial score (nSPS) is 25.6. The van der Waals surface area contributed by atoms with E-state index in [-0.39, 0.29) is 23.4 Å². The molecule has 2 rings (SSSR count). The lowest BCUT2D eigenvalue weighted by atomic mass is 9.64. The van der Waals surface area contributed by atoms with Crippen LogP contribution in [0.3, 0.4) is 0 Å². The van der Waals surface area contributed by atoms with Gasteiger partial charge in [-0.3, -0.25) is 0 Å². The lowest BCUT2D eigenvalue weighted by molar-refractivity contribution is -0.0976. The van der Waals surface area contributed by atoms with Crippen LogP contribution in [0, 0.1) is 18.2 Å². The third kappa shape index (κ3) is 2.37. The summed E-state index contributed by atoms with van der Waals surface area (Å²) in [5.41, 5.74) is 1.71. The Bertz CT molecular complexity index is 431. The van der Waals surface area contributed by atoms with Crippen LogP contribution in [-0.2, 0) is 4.74 Å². The average molecular weight is 251 g/mol. The van der Waals surface area contributed by atoms with Gasteiger partial charge in [-0.25, -0.2) is 4.39 Å². The van der Waals surface area contributed by atoms with Gasteiger partial charge in [0.2, 0.25) is 0 Å². The number of hydrogen-bond donors (Lipinski definition) is 1. The second kappa shape index (κ2) is 4.88. The first-order chi connectivity index (χ1) is 8.45. The zero-order valence-electron chi connectivity index (χ0n) is 11.6. The summed E-state index contributed by atoms with van der Waals surface area (Å²) in [6, 6.07) is 5.43. The fourth-order valence-electron chi connectivity index (χ4n) is 2.55. The lowest BCUT2D eigenvalue weighted by Crippen LogP contribution is -2.58. The summed E-state index contributed by atoms with van der Waals surface area (Å²) in [4.78, 5) is 0. The Morgan fingerprint density at radius 2 is 2.17 bits per heavy atom. The molecule has 0 aromatic heterocycles. The molecular formula is C15H22FNO. The van der Waals surface area contributed by atoms with Gasteiger partial charge in [-0.1, -0.05) is 19.9 Å². The highest BCUT2D eigenvalue weighted by Gasteiger charge is 2.49. The molecule has 0 heterocycles. The van der Waals surface area contributed by atoms with E-state index in [1.165, 1.54) is 6.07 Å². The van der Waals surface area contributed by atoms with Crippen molar-refractivity contribution >= 4 is 5.69 Å². The van der Waals surface area contributed by atoms with Crippen LogP contribution in [-0.4, -0.2) is 18.8 Å². The minimum Gasteiger partial charge on any atom is -0.379 e. The highest BCUT2D eigenvalue weighted by Crippen LogP contribution is 2.44. The number of halogens is 1. The van der Waals surface area contributed by atoms with Crippen LogP contribution in [0.15, 0.2) is 18.2 Å². The Kier molecular flexibility index (Phi) is 3.62. The fraction of sp³-hybridized carbons (Fsp3) is 0.600. The van der Waals surface area contributed by atoms with Crippen molar-refractivity contribution in [1.29, 1.82) is 0 Å². The molecular weight excluding hydrogens is 229 g/mol. The van der Waals surface area contributed by atoms with Gasteiger partial charge in [0.1, 0.15) is 5.82 Å². The van der Waals surface area contributed by atoms with Crippen LogP contribution in [0.25, 0.3) is 0 Å². The van der Waals surface area contributed by atoms with E-state index in [2.05, 4.69) is 19.2 Å². The molecule has 2 unspecified atom stereocenters. The molecule has 0 radical (unpaired) electrons. The van der Waals surface area contributed by atoms with Gasteiger partial charge in [-0.05, 0) is 38.0 Å². The first-order valence-corrected chi connectivity index (χ1v) is 6.59. The molecule has 1 aliphatic carbocycles. The lowest BCUT2D eigenvalue weighted by Gasteiger charge is -2.52. The summed E-state index contributed by atoms with van der Waals surface area (Å²) in [5.74, 6) is -0.184. The molecule has 18 heavy (non-hydrogen) atoms. The van der Waals surface area contributed by atoms with Gasteiger partial charge in [0.25, 0.3) is 0 Å². The van der Waals surface area contributed by atoms with Crippen molar-refractivity contribution < 1.29 is 9.13 Å². The van der Waals surface area contributed by atoms with Crippen molar-refractivity contribution in [1.82, 2.24) is 0 Å². The van der Waals surface area contributed by atoms with Gasteiger partial charge >= 0.3 is 0 Å². The van der Waals surface area contributed by atoms with Crippen molar-refractivity contribution in [2.75, 3.05) is 11.9 Å². The van der Waals surface area contributed by atoms with E-state index >= 15 is 0 Å². The van der Waals surface area contributed by atoms with Gasteiger partial charge in [-0.2, -0.15) is 0 Å². The van der Waals surface area contributed by atoms with Crippen LogP contribution in [0.2, 0.25) is 0 Å². The van der Waals surface area contributed by atoms with Crippen molar-refractivity contribution in [3.63, 3.8) is 0 Å². The number of nitrogens with one attached hydrogen (secondary N) is 1. The molecule has 1 saturated carbocycles. The molecule has 0 amide bonds. The first kappa shape index (κ1) is 13.3. The Balaban J connectivity index is 2.05. The number of aryl methyl sites for hydroxylation is 1. The Morgan fingerprint density at radius 1 is 1.44 bits per heavy atom. The van der Waals surface area contributed by atoms with Crippen LogP contribution in [0.4, 0.5) is 10.1 Å². The molecule has 0 spiro atoms. The maximum Gasteiger partial charge on any atom is 0.146 e. The smallest absolute Gasteiger partial charge is 0.146 e. The summed E-state index contributed by atoms with van der Waals surface area (Å²) in [6.45, 7) is 9.06. The average Bonchev–Trinajstić information content (AvgIpc) is 2.32. The Labute approximate surface area is 109 Å². The number of ether oxygens (including phenoxy) is 1. The maximum absolute atomic E-state index is 13.7. The molecule has 0 bridgehead atoms. The zero-order chi connectivity index (χ0) is 13.3. The highest BCUT2D eigenvalue weighted by atomic mass is 19.1. The molecule has 1 aromatic carbocycles. The minimum atomic E-state index is -0.184. The second-order valence-electron chi connectivity index (χ2n) is 5.68. The van der Waals surface area contributed by atoms with Gasteiger partial charge in [0.15, 0.2) is 0 Å². The predicted molar refractivity (Wildman–Crippen MR) is 72.4 cm³/mol. The molecule has 2 atom stereocenters. The SMILES string of the molecule is CCOC1CC(Nc2cc(C)ccc2F)C1(C)C. The van der Waals surface area contributed by atoms with Crippen molar-refractivity contribution in [3.8, 4) is 0 Å². The standard InChI is InChI=1S/C15H22FNO/c1-5-18-14-9-13(15(14,3)4)17-12-8-10(2)6-7-11(12)16/h6-8,13-14,17H,5,9H2,1-4H3. The van der Waals surface area contributed by atoms with E-state index in [4.69, 9.17) is 4.74 Å². The molecule has 1 fully saturated rings. The summed E-state index contributed by atoms with van der Waals surface area (Å²) in [6.07, 6.45) is 1.21. The highest BCUT2D eigenvalue weighted by molar-refractivity contribution is 5.49. The van der Waals surface area contributed by atoms with E-state index < -0.39 is 0 Å². The minimum absolute atomic E-state index is 0.0478. The van der Waals surface area contributed by atoms with E-state index in [0.717, 1.165) is 18.6 Å². The predicted octanol–water partition coefficient (Wildman–Crippen LogP) is 3.75. The summed E-state index contributed by atoms with van der Waals surface area (Å²) >= 11 is 0. The largest absolute Gasteiger partial charge is 0.379 e. The molecule has 3 heteroatoms. The maximum atomic E-state index is 13.7. The number of hydrogen-bond acceptors (Lipinski definition) is 2. The van der Waals surface area contributed by atoms with E-state index in [1.807, 2.05) is 19.9 Å². The second-order valence-corrected chi connectivity index (χ2v) is 5.68. The topological polar surface area (TPSA) is 21.3 Å². The van der Waals surface area contributed by atoms with E-state index in [9.17, 15) is 4.39 Å². The van der Waals surface area contributed by atoms with Gasteiger partial charge in [0, 0.05) is 18.1 Å². The molecule has 2 nitrogen and oxygen atoms in total. The molecule has 100 valence electrons. The molecule has 1 aliphatic rings. The molecule has 0 saturated heterocycles. The third-order valence-corrected chi connectivity index (χ3v) is 4.00. The zero-order valence-corrected chi connectivity index (χ0v) is 11.6. The van der Waals surface area contributed by atoms with E-state index in [0.29, 0.717) is 5.69 Å². The Hall–Kier alpha value is -1.09. The molecule has 1 N–H and O–H groups in total. The van der Waals surface area contributed by atoms with Crippen molar-refractivity contribution in [2.24, 2.45) is 5.41 Å². The van der Waals surface area contributed by atoms with Gasteiger partial charge < -0.3 is 10.1 Å². The van der Waals surface area contributed by atoms with Crippen LogP contribution < -0.4 is 5.32 Å². The van der Waals surface area contributed by atoms with Gasteiger partial charge in [-0.15, -0.1) is 0 Å². The number of rotatable bonds is 4. The van der Waals surface area contributed by atoms with Crippen molar-refractivity contribution in [2.45, 2.75) is 46.3 Å². The Morgan fingerprint density at radius 3 is 2.78 bits per heavy atom. The van der Waals surface area contributed by atoms with E-state index in [1.54, 1.807) is 6.07 Å². The van der Waals surface area contributed by atoms with Gasteiger partial charge in [0.05, 0.1) is 11.8 Å². The van der Waals surface area contributed by atoms with Crippen LogP contribution in [0.5, 0.6) is 0 Å². The van der Waals surface area contributed by atoms with Crippen LogP contribution >= 0.6 is 0 Å². The number of anilines is 1. The first-order valence-electron chi connectivity index (χ1n) is 6.59. The van der Waals surface area contributed by atoms with Crippen LogP contribution in [0.1, 0.15) is 32.8 Å². The quantitative estimate of drug-likeness (QED) is 0.880. The summed E-state index contributed by atoms with van der Waals surface area (Å²) in [7, 11) is 0. The monoisotopic (exact) mass is 251 g/mol. The molecule has 0 aliphatic heterocycles. The number of benzene rings is 1. The van der Waals surface area contributed by atoms with Crippen molar-refractivity contribution in [3.05, 3.63) is 29.6 Å². The summed E-state index contributed by atoms with van der Waals surface area (Å²) in [5, 5.41) is 3.31. The molecule has 1 aromatic rings. The summed E-state index contributed by atoms with van der Waals surface area (Å²) < 4.78 is 19.4. The fourth-order valence-corrected chi connectivity index (χ4v) is 2.55. The third-order valence-electron chi connectivity index (χ3n) is 4.00.